The molecule has 1 aliphatic rings. The van der Waals surface area contributed by atoms with Gasteiger partial charge in [-0.15, -0.1) is 0 Å². The summed E-state index contributed by atoms with van der Waals surface area (Å²) in [5.74, 6) is 1.21. The summed E-state index contributed by atoms with van der Waals surface area (Å²) in [5.41, 5.74) is 2.62. The molecule has 1 fully saturated rings. The van der Waals surface area contributed by atoms with Crippen LogP contribution in [0.2, 0.25) is 0 Å². The lowest BCUT2D eigenvalue weighted by Crippen LogP contribution is -2.28. The Labute approximate surface area is 156 Å². The van der Waals surface area contributed by atoms with Crippen molar-refractivity contribution in [1.29, 1.82) is 0 Å². The van der Waals surface area contributed by atoms with Gasteiger partial charge in [-0.1, -0.05) is 42.2 Å². The second-order valence-electron chi connectivity index (χ2n) is 5.41. The van der Waals surface area contributed by atoms with E-state index in [1.165, 1.54) is 11.8 Å². The van der Waals surface area contributed by atoms with Crippen molar-refractivity contribution in [2.75, 3.05) is 19.1 Å². The normalized spacial score (nSPS) is 15.8. The second kappa shape index (κ2) is 7.29. The van der Waals surface area contributed by atoms with Crippen molar-refractivity contribution in [3.63, 3.8) is 0 Å². The molecule has 2 aromatic carbocycles. The Morgan fingerprint density at radius 1 is 1.12 bits per heavy atom. The Balaban J connectivity index is 1.97. The zero-order chi connectivity index (χ0) is 18.0. The first-order valence-electron chi connectivity index (χ1n) is 7.60. The quantitative estimate of drug-likeness (QED) is 0.588. The van der Waals surface area contributed by atoms with E-state index in [0.29, 0.717) is 20.7 Å². The SMILES string of the molecule is COc1ccc(/C=C2/SC(=S)N(c3ccccc3C)C2=O)c(OC)c1. The maximum atomic E-state index is 12.9. The van der Waals surface area contributed by atoms with E-state index in [1.54, 1.807) is 31.3 Å². The highest BCUT2D eigenvalue weighted by atomic mass is 32.2. The first kappa shape index (κ1) is 17.5. The van der Waals surface area contributed by atoms with Gasteiger partial charge in [0.15, 0.2) is 4.32 Å². The summed E-state index contributed by atoms with van der Waals surface area (Å²) in [6, 6.07) is 13.2. The molecule has 2 aromatic rings. The standard InChI is InChI=1S/C19H17NO3S2/c1-12-6-4-5-7-15(12)20-18(21)17(25-19(20)24)10-13-8-9-14(22-2)11-16(13)23-3/h4-11H,1-3H3/b17-10+. The van der Waals surface area contributed by atoms with E-state index in [1.807, 2.05) is 43.3 Å². The fourth-order valence-electron chi connectivity index (χ4n) is 2.57. The molecule has 0 saturated carbocycles. The first-order valence-corrected chi connectivity index (χ1v) is 8.83. The number of thiocarbonyl (C=S) groups is 1. The van der Waals surface area contributed by atoms with E-state index in [9.17, 15) is 4.79 Å². The number of carbonyl (C=O) groups is 1. The molecular weight excluding hydrogens is 354 g/mol. The van der Waals surface area contributed by atoms with Crippen molar-refractivity contribution in [2.45, 2.75) is 6.92 Å². The van der Waals surface area contributed by atoms with Crippen LogP contribution >= 0.6 is 24.0 Å². The van der Waals surface area contributed by atoms with Crippen LogP contribution in [0.5, 0.6) is 11.5 Å². The molecule has 0 radical (unpaired) electrons. The Kier molecular flexibility index (Phi) is 5.11. The summed E-state index contributed by atoms with van der Waals surface area (Å²) >= 11 is 6.72. The van der Waals surface area contributed by atoms with Crippen molar-refractivity contribution >= 4 is 46.0 Å². The Hall–Kier alpha value is -2.31. The first-order chi connectivity index (χ1) is 12.0. The van der Waals surface area contributed by atoms with E-state index < -0.39 is 0 Å². The molecule has 0 bridgehead atoms. The summed E-state index contributed by atoms with van der Waals surface area (Å²) in [6.07, 6.45) is 1.80. The maximum Gasteiger partial charge on any atom is 0.270 e. The predicted octanol–water partition coefficient (Wildman–Crippen LogP) is 4.42. The fourth-order valence-corrected chi connectivity index (χ4v) is 3.84. The number of hydrogen-bond acceptors (Lipinski definition) is 5. The van der Waals surface area contributed by atoms with Crippen LogP contribution in [-0.4, -0.2) is 24.4 Å². The molecule has 0 aromatic heterocycles. The topological polar surface area (TPSA) is 38.8 Å². The molecule has 0 N–H and O–H groups in total. The second-order valence-corrected chi connectivity index (χ2v) is 7.09. The molecule has 4 nitrogen and oxygen atoms in total. The molecule has 0 atom stereocenters. The van der Waals surface area contributed by atoms with E-state index >= 15 is 0 Å². The third kappa shape index (κ3) is 3.41. The third-order valence-electron chi connectivity index (χ3n) is 3.88. The number of rotatable bonds is 4. The molecule has 1 amide bonds. The summed E-state index contributed by atoms with van der Waals surface area (Å²) in [6.45, 7) is 1.96. The summed E-state index contributed by atoms with van der Waals surface area (Å²) < 4.78 is 11.1. The molecule has 1 heterocycles. The van der Waals surface area contributed by atoms with Crippen LogP contribution < -0.4 is 14.4 Å². The van der Waals surface area contributed by atoms with Gasteiger partial charge < -0.3 is 9.47 Å². The van der Waals surface area contributed by atoms with Gasteiger partial charge in [0.1, 0.15) is 11.5 Å². The number of methoxy groups -OCH3 is 2. The van der Waals surface area contributed by atoms with Gasteiger partial charge in [-0.2, -0.15) is 0 Å². The minimum absolute atomic E-state index is 0.123. The molecule has 128 valence electrons. The van der Waals surface area contributed by atoms with Crippen LogP contribution in [0, 0.1) is 6.92 Å². The van der Waals surface area contributed by atoms with Gasteiger partial charge in [0.05, 0.1) is 24.8 Å². The summed E-state index contributed by atoms with van der Waals surface area (Å²) in [4.78, 5) is 15.0. The lowest BCUT2D eigenvalue weighted by atomic mass is 10.1. The minimum atomic E-state index is -0.123. The van der Waals surface area contributed by atoms with Crippen LogP contribution in [0.25, 0.3) is 6.08 Å². The van der Waals surface area contributed by atoms with Crippen LogP contribution in [0.3, 0.4) is 0 Å². The fraction of sp³-hybridized carbons (Fsp3) is 0.158. The zero-order valence-electron chi connectivity index (χ0n) is 14.1. The number of carbonyl (C=O) groups excluding carboxylic acids is 1. The molecule has 6 heteroatoms. The Bertz CT molecular complexity index is 877. The Morgan fingerprint density at radius 2 is 1.88 bits per heavy atom. The van der Waals surface area contributed by atoms with Crippen LogP contribution in [-0.2, 0) is 4.79 Å². The van der Waals surface area contributed by atoms with Gasteiger partial charge in [-0.05, 0) is 36.8 Å². The van der Waals surface area contributed by atoms with Crippen molar-refractivity contribution in [1.82, 2.24) is 0 Å². The van der Waals surface area contributed by atoms with Crippen molar-refractivity contribution in [3.8, 4) is 11.5 Å². The van der Waals surface area contributed by atoms with Gasteiger partial charge in [-0.3, -0.25) is 9.69 Å². The molecular formula is C19H17NO3S2. The number of amides is 1. The smallest absolute Gasteiger partial charge is 0.270 e. The number of aryl methyl sites for hydroxylation is 1. The van der Waals surface area contributed by atoms with Gasteiger partial charge in [0, 0.05) is 11.6 Å². The van der Waals surface area contributed by atoms with Crippen LogP contribution in [0.4, 0.5) is 5.69 Å². The molecule has 0 spiro atoms. The van der Waals surface area contributed by atoms with Gasteiger partial charge in [0.25, 0.3) is 5.91 Å². The maximum absolute atomic E-state index is 12.9. The lowest BCUT2D eigenvalue weighted by Gasteiger charge is -2.16. The molecule has 1 aliphatic heterocycles. The van der Waals surface area contributed by atoms with Crippen LogP contribution in [0.1, 0.15) is 11.1 Å². The number of thioether (sulfide) groups is 1. The molecule has 25 heavy (non-hydrogen) atoms. The zero-order valence-corrected chi connectivity index (χ0v) is 15.7. The Morgan fingerprint density at radius 3 is 2.56 bits per heavy atom. The number of para-hydroxylation sites is 1. The highest BCUT2D eigenvalue weighted by Gasteiger charge is 2.34. The van der Waals surface area contributed by atoms with E-state index in [2.05, 4.69) is 0 Å². The van der Waals surface area contributed by atoms with E-state index in [0.717, 1.165) is 16.8 Å². The van der Waals surface area contributed by atoms with E-state index in [4.69, 9.17) is 21.7 Å². The highest BCUT2D eigenvalue weighted by molar-refractivity contribution is 8.27. The van der Waals surface area contributed by atoms with Crippen molar-refractivity contribution in [2.24, 2.45) is 0 Å². The number of ether oxygens (including phenoxy) is 2. The van der Waals surface area contributed by atoms with E-state index in [-0.39, 0.29) is 5.91 Å². The number of nitrogens with zero attached hydrogens (tertiary/aromatic N) is 1. The summed E-state index contributed by atoms with van der Waals surface area (Å²) in [5, 5.41) is 0. The van der Waals surface area contributed by atoms with Gasteiger partial charge >= 0.3 is 0 Å². The number of hydrogen-bond donors (Lipinski definition) is 0. The molecule has 1 saturated heterocycles. The average molecular weight is 371 g/mol. The van der Waals surface area contributed by atoms with Crippen molar-refractivity contribution in [3.05, 3.63) is 58.5 Å². The van der Waals surface area contributed by atoms with Crippen molar-refractivity contribution < 1.29 is 14.3 Å². The van der Waals surface area contributed by atoms with Gasteiger partial charge in [0.2, 0.25) is 0 Å². The predicted molar refractivity (Wildman–Crippen MR) is 106 cm³/mol. The highest BCUT2D eigenvalue weighted by Crippen LogP contribution is 2.38. The monoisotopic (exact) mass is 371 g/mol. The third-order valence-corrected chi connectivity index (χ3v) is 5.18. The van der Waals surface area contributed by atoms with Crippen LogP contribution in [0.15, 0.2) is 47.4 Å². The molecule has 0 aliphatic carbocycles. The molecule has 3 rings (SSSR count). The number of benzene rings is 2. The largest absolute Gasteiger partial charge is 0.497 e. The summed E-state index contributed by atoms with van der Waals surface area (Å²) in [7, 11) is 3.19. The average Bonchev–Trinajstić information content (AvgIpc) is 2.89. The van der Waals surface area contributed by atoms with Gasteiger partial charge in [-0.25, -0.2) is 0 Å². The lowest BCUT2D eigenvalue weighted by molar-refractivity contribution is -0.113. The minimum Gasteiger partial charge on any atom is -0.497 e. The molecule has 0 unspecified atom stereocenters. The number of anilines is 1.